The first-order chi connectivity index (χ1) is 5.11. The quantitative estimate of drug-likeness (QED) is 0.815. The van der Waals surface area contributed by atoms with E-state index in [-0.39, 0.29) is 0 Å². The van der Waals surface area contributed by atoms with Crippen molar-refractivity contribution in [1.29, 1.82) is 0 Å². The minimum absolute atomic E-state index is 0.623. The van der Waals surface area contributed by atoms with Gasteiger partial charge in [0, 0.05) is 6.54 Å². The lowest BCUT2D eigenvalue weighted by molar-refractivity contribution is 0.476. The highest BCUT2D eigenvalue weighted by Crippen LogP contribution is 2.22. The Morgan fingerprint density at radius 1 is 1.55 bits per heavy atom. The van der Waals surface area contributed by atoms with Crippen LogP contribution in [0.15, 0.2) is 15.3 Å². The molecule has 0 unspecified atom stereocenters. The van der Waals surface area contributed by atoms with Crippen LogP contribution in [0.3, 0.4) is 0 Å². The molecular formula is C7H10Br2N2. The van der Waals surface area contributed by atoms with Crippen LogP contribution in [-0.2, 0) is 6.54 Å². The molecule has 0 bridgehead atoms. The molecule has 1 aromatic heterocycles. The van der Waals surface area contributed by atoms with E-state index < -0.39 is 0 Å². The summed E-state index contributed by atoms with van der Waals surface area (Å²) in [6.45, 7) is 5.29. The van der Waals surface area contributed by atoms with Crippen molar-refractivity contribution in [2.24, 2.45) is 5.92 Å². The van der Waals surface area contributed by atoms with Gasteiger partial charge in [0.05, 0.1) is 10.7 Å². The molecule has 0 radical (unpaired) electrons. The second-order valence-corrected chi connectivity index (χ2v) is 4.46. The first-order valence-electron chi connectivity index (χ1n) is 3.48. The molecule has 11 heavy (non-hydrogen) atoms. The van der Waals surface area contributed by atoms with E-state index in [0.29, 0.717) is 5.92 Å². The second-order valence-electron chi connectivity index (χ2n) is 2.86. The van der Waals surface area contributed by atoms with E-state index >= 15 is 0 Å². The van der Waals surface area contributed by atoms with Crippen LogP contribution in [0.1, 0.15) is 13.8 Å². The molecule has 0 saturated carbocycles. The van der Waals surface area contributed by atoms with Gasteiger partial charge >= 0.3 is 0 Å². The molecule has 0 aliphatic rings. The van der Waals surface area contributed by atoms with Gasteiger partial charge in [-0.1, -0.05) is 13.8 Å². The smallest absolute Gasteiger partial charge is 0.118 e. The fourth-order valence-electron chi connectivity index (χ4n) is 0.821. The molecule has 0 N–H and O–H groups in total. The maximum atomic E-state index is 4.18. The SMILES string of the molecule is CC(C)Cn1ncc(Br)c1Br. The molecule has 0 aliphatic heterocycles. The standard InChI is InChI=1S/C7H10Br2N2/c1-5(2)4-11-7(9)6(8)3-10-11/h3,5H,4H2,1-2H3. The van der Waals surface area contributed by atoms with Crippen LogP contribution in [-0.4, -0.2) is 9.78 Å². The largest absolute Gasteiger partial charge is 0.257 e. The van der Waals surface area contributed by atoms with Crippen molar-refractivity contribution in [3.63, 3.8) is 0 Å². The maximum absolute atomic E-state index is 4.18. The molecule has 0 fully saturated rings. The van der Waals surface area contributed by atoms with E-state index in [1.165, 1.54) is 0 Å². The van der Waals surface area contributed by atoms with Crippen molar-refractivity contribution in [1.82, 2.24) is 9.78 Å². The van der Waals surface area contributed by atoms with Crippen LogP contribution in [0.2, 0.25) is 0 Å². The average Bonchev–Trinajstić information content (AvgIpc) is 2.18. The van der Waals surface area contributed by atoms with Crippen LogP contribution in [0, 0.1) is 5.92 Å². The van der Waals surface area contributed by atoms with Crippen molar-refractivity contribution in [3.8, 4) is 0 Å². The zero-order valence-electron chi connectivity index (χ0n) is 6.51. The number of nitrogens with zero attached hydrogens (tertiary/aromatic N) is 2. The lowest BCUT2D eigenvalue weighted by atomic mass is 10.2. The number of aromatic nitrogens is 2. The van der Waals surface area contributed by atoms with Gasteiger partial charge in [0.25, 0.3) is 0 Å². The van der Waals surface area contributed by atoms with Crippen molar-refractivity contribution in [2.45, 2.75) is 20.4 Å². The van der Waals surface area contributed by atoms with Crippen molar-refractivity contribution < 1.29 is 0 Å². The fourth-order valence-corrected chi connectivity index (χ4v) is 1.46. The third-order valence-electron chi connectivity index (χ3n) is 1.27. The number of hydrogen-bond acceptors (Lipinski definition) is 1. The van der Waals surface area contributed by atoms with Crippen molar-refractivity contribution in [3.05, 3.63) is 15.3 Å². The monoisotopic (exact) mass is 280 g/mol. The summed E-state index contributed by atoms with van der Waals surface area (Å²) in [7, 11) is 0. The first-order valence-corrected chi connectivity index (χ1v) is 5.06. The van der Waals surface area contributed by atoms with E-state index in [1.807, 2.05) is 4.68 Å². The molecule has 4 heteroatoms. The predicted octanol–water partition coefficient (Wildman–Crippen LogP) is 3.06. The Bertz CT molecular complexity index is 243. The van der Waals surface area contributed by atoms with Gasteiger partial charge in [0.2, 0.25) is 0 Å². The van der Waals surface area contributed by atoms with E-state index in [4.69, 9.17) is 0 Å². The average molecular weight is 282 g/mol. The normalized spacial score (nSPS) is 11.0. The zero-order valence-corrected chi connectivity index (χ0v) is 9.68. The molecule has 1 heterocycles. The van der Waals surface area contributed by atoms with Crippen LogP contribution >= 0.6 is 31.9 Å². The molecule has 1 aromatic rings. The zero-order chi connectivity index (χ0) is 8.43. The summed E-state index contributed by atoms with van der Waals surface area (Å²) in [5.74, 6) is 0.623. The highest BCUT2D eigenvalue weighted by molar-refractivity contribution is 9.13. The van der Waals surface area contributed by atoms with Crippen LogP contribution < -0.4 is 0 Å². The lowest BCUT2D eigenvalue weighted by Gasteiger charge is -2.05. The summed E-state index contributed by atoms with van der Waals surface area (Å²) in [6.07, 6.45) is 1.80. The third kappa shape index (κ3) is 2.30. The summed E-state index contributed by atoms with van der Waals surface area (Å²) in [6, 6.07) is 0. The Labute approximate surface area is 83.2 Å². The predicted molar refractivity (Wildman–Crippen MR) is 52.5 cm³/mol. The van der Waals surface area contributed by atoms with Gasteiger partial charge in [-0.15, -0.1) is 0 Å². The Morgan fingerprint density at radius 2 is 2.18 bits per heavy atom. The molecule has 0 amide bonds. The Balaban J connectivity index is 2.79. The van der Waals surface area contributed by atoms with Crippen LogP contribution in [0.5, 0.6) is 0 Å². The van der Waals surface area contributed by atoms with Gasteiger partial charge in [0.1, 0.15) is 4.60 Å². The van der Waals surface area contributed by atoms with Crippen LogP contribution in [0.25, 0.3) is 0 Å². The van der Waals surface area contributed by atoms with E-state index in [0.717, 1.165) is 15.6 Å². The summed E-state index contributed by atoms with van der Waals surface area (Å²) >= 11 is 6.81. The topological polar surface area (TPSA) is 17.8 Å². The molecule has 62 valence electrons. The fraction of sp³-hybridized carbons (Fsp3) is 0.571. The summed E-state index contributed by atoms with van der Waals surface area (Å²) in [5.41, 5.74) is 0. The molecule has 0 atom stereocenters. The molecule has 0 spiro atoms. The third-order valence-corrected chi connectivity index (χ3v) is 3.22. The minimum Gasteiger partial charge on any atom is -0.257 e. The number of halogens is 2. The van der Waals surface area contributed by atoms with Gasteiger partial charge in [-0.25, -0.2) is 0 Å². The van der Waals surface area contributed by atoms with Crippen LogP contribution in [0.4, 0.5) is 0 Å². The van der Waals surface area contributed by atoms with Gasteiger partial charge in [-0.3, -0.25) is 4.68 Å². The van der Waals surface area contributed by atoms with Gasteiger partial charge in [-0.05, 0) is 37.8 Å². The number of hydrogen-bond donors (Lipinski definition) is 0. The van der Waals surface area contributed by atoms with Gasteiger partial charge in [-0.2, -0.15) is 5.10 Å². The highest BCUT2D eigenvalue weighted by atomic mass is 79.9. The van der Waals surface area contributed by atoms with Crippen molar-refractivity contribution >= 4 is 31.9 Å². The summed E-state index contributed by atoms with van der Waals surface area (Å²) in [5, 5.41) is 4.18. The highest BCUT2D eigenvalue weighted by Gasteiger charge is 2.05. The Kier molecular flexibility index (Phi) is 3.13. The minimum atomic E-state index is 0.623. The molecule has 0 saturated heterocycles. The van der Waals surface area contributed by atoms with E-state index in [9.17, 15) is 0 Å². The molecular weight excluding hydrogens is 272 g/mol. The molecule has 0 aliphatic carbocycles. The Hall–Kier alpha value is 0.170. The van der Waals surface area contributed by atoms with Gasteiger partial charge < -0.3 is 0 Å². The number of rotatable bonds is 2. The van der Waals surface area contributed by atoms with Gasteiger partial charge in [0.15, 0.2) is 0 Å². The first kappa shape index (κ1) is 9.26. The summed E-state index contributed by atoms with van der Waals surface area (Å²) < 4.78 is 3.97. The molecule has 0 aromatic carbocycles. The van der Waals surface area contributed by atoms with Crippen molar-refractivity contribution in [2.75, 3.05) is 0 Å². The Morgan fingerprint density at radius 3 is 2.55 bits per heavy atom. The summed E-state index contributed by atoms with van der Waals surface area (Å²) in [4.78, 5) is 0. The maximum Gasteiger partial charge on any atom is 0.118 e. The molecule has 2 nitrogen and oxygen atoms in total. The van der Waals surface area contributed by atoms with E-state index in [2.05, 4.69) is 50.8 Å². The molecule has 1 rings (SSSR count). The lowest BCUT2D eigenvalue weighted by Crippen LogP contribution is -2.05. The second kappa shape index (κ2) is 3.72. The van der Waals surface area contributed by atoms with E-state index in [1.54, 1.807) is 6.20 Å².